The predicted molar refractivity (Wildman–Crippen MR) is 73.6 cm³/mol. The van der Waals surface area contributed by atoms with Crippen molar-refractivity contribution in [3.63, 3.8) is 0 Å². The Bertz CT molecular complexity index is 674. The summed E-state index contributed by atoms with van der Waals surface area (Å²) in [6.45, 7) is 1.69. The number of piperidine rings is 1. The first-order chi connectivity index (χ1) is 9.70. The Morgan fingerprint density at radius 3 is 2.65 bits per heavy atom. The van der Waals surface area contributed by atoms with Gasteiger partial charge in [0.05, 0.1) is 10.4 Å². The van der Waals surface area contributed by atoms with Crippen molar-refractivity contribution in [3.05, 3.63) is 34.0 Å². The van der Waals surface area contributed by atoms with Gasteiger partial charge >= 0.3 is 0 Å². The van der Waals surface area contributed by atoms with Crippen LogP contribution in [0.25, 0.3) is 10.9 Å². The number of nitrogens with zero attached hydrogens (tertiary/aromatic N) is 4. The van der Waals surface area contributed by atoms with Crippen LogP contribution in [-0.4, -0.2) is 34.2 Å². The molecule has 2 aromatic rings. The van der Waals surface area contributed by atoms with Gasteiger partial charge in [-0.3, -0.25) is 19.9 Å². The van der Waals surface area contributed by atoms with Gasteiger partial charge in [0.2, 0.25) is 0 Å². The Labute approximate surface area is 114 Å². The fourth-order valence-corrected chi connectivity index (χ4v) is 2.59. The lowest BCUT2D eigenvalue weighted by atomic mass is 10.2. The average molecular weight is 274 g/mol. The van der Waals surface area contributed by atoms with Crippen molar-refractivity contribution in [2.45, 2.75) is 19.3 Å². The third kappa shape index (κ3) is 2.01. The highest BCUT2D eigenvalue weighted by molar-refractivity contribution is 5.96. The maximum atomic E-state index is 11.4. The molecule has 7 nitrogen and oxygen atoms in total. The Balaban J connectivity index is 2.12. The lowest BCUT2D eigenvalue weighted by Crippen LogP contribution is -2.40. The number of rotatable bonds is 3. The standard InChI is InChI=1S/C13H14N4O3/c18-9-13-11-8-10(17(19)20)4-5-12(11)14-16(13)15-6-2-1-3-7-15/h4-5,8-9H,1-3,6-7H2. The van der Waals surface area contributed by atoms with Gasteiger partial charge in [-0.25, -0.2) is 0 Å². The van der Waals surface area contributed by atoms with E-state index >= 15 is 0 Å². The van der Waals surface area contributed by atoms with Gasteiger partial charge in [-0.1, -0.05) is 0 Å². The number of hydrogen-bond donors (Lipinski definition) is 0. The Morgan fingerprint density at radius 2 is 2.00 bits per heavy atom. The van der Waals surface area contributed by atoms with E-state index in [2.05, 4.69) is 5.10 Å². The van der Waals surface area contributed by atoms with E-state index in [-0.39, 0.29) is 5.69 Å². The number of benzene rings is 1. The van der Waals surface area contributed by atoms with Gasteiger partial charge in [0.1, 0.15) is 5.69 Å². The van der Waals surface area contributed by atoms with Gasteiger partial charge in [0.15, 0.2) is 6.29 Å². The number of nitro groups is 1. The molecule has 0 amide bonds. The smallest absolute Gasteiger partial charge is 0.270 e. The van der Waals surface area contributed by atoms with E-state index in [0.717, 1.165) is 25.9 Å². The van der Waals surface area contributed by atoms with Crippen molar-refractivity contribution in [2.24, 2.45) is 0 Å². The molecule has 1 fully saturated rings. The van der Waals surface area contributed by atoms with Crippen LogP contribution in [0.5, 0.6) is 0 Å². The normalized spacial score (nSPS) is 15.5. The van der Waals surface area contributed by atoms with Crippen molar-refractivity contribution in [1.82, 2.24) is 9.89 Å². The molecule has 1 aliphatic heterocycles. The van der Waals surface area contributed by atoms with Crippen molar-refractivity contribution in [2.75, 3.05) is 18.1 Å². The van der Waals surface area contributed by atoms with Crippen LogP contribution < -0.4 is 5.01 Å². The number of hydrogen-bond acceptors (Lipinski definition) is 5. The minimum atomic E-state index is -0.466. The van der Waals surface area contributed by atoms with Crippen molar-refractivity contribution in [1.29, 1.82) is 0 Å². The SMILES string of the molecule is O=Cc1c2cc([N+](=O)[O-])ccc2nn1N1CCCCC1. The molecule has 2 heterocycles. The van der Waals surface area contributed by atoms with E-state index in [0.29, 0.717) is 22.9 Å². The largest absolute Gasteiger partial charge is 0.296 e. The summed E-state index contributed by atoms with van der Waals surface area (Å²) in [6, 6.07) is 4.40. The molecule has 1 aromatic carbocycles. The van der Waals surface area contributed by atoms with E-state index in [1.54, 1.807) is 10.9 Å². The van der Waals surface area contributed by atoms with Crippen LogP contribution in [0.3, 0.4) is 0 Å². The highest BCUT2D eigenvalue weighted by atomic mass is 16.6. The first-order valence-corrected chi connectivity index (χ1v) is 6.58. The molecule has 1 saturated heterocycles. The van der Waals surface area contributed by atoms with E-state index in [1.165, 1.54) is 18.6 Å². The summed E-state index contributed by atoms with van der Waals surface area (Å²) in [4.78, 5) is 23.3. The maximum Gasteiger partial charge on any atom is 0.270 e. The monoisotopic (exact) mass is 274 g/mol. The third-order valence-electron chi connectivity index (χ3n) is 3.60. The third-order valence-corrected chi connectivity index (χ3v) is 3.60. The molecule has 3 rings (SSSR count). The summed E-state index contributed by atoms with van der Waals surface area (Å²) >= 11 is 0. The summed E-state index contributed by atoms with van der Waals surface area (Å²) in [6.07, 6.45) is 4.02. The molecular formula is C13H14N4O3. The Morgan fingerprint density at radius 1 is 1.25 bits per heavy atom. The van der Waals surface area contributed by atoms with E-state index < -0.39 is 4.92 Å². The van der Waals surface area contributed by atoms with Gasteiger partial charge in [0.25, 0.3) is 5.69 Å². The highest BCUT2D eigenvalue weighted by Gasteiger charge is 2.19. The first-order valence-electron chi connectivity index (χ1n) is 6.58. The molecule has 20 heavy (non-hydrogen) atoms. The molecule has 0 bridgehead atoms. The van der Waals surface area contributed by atoms with Crippen LogP contribution in [0.4, 0.5) is 5.69 Å². The lowest BCUT2D eigenvalue weighted by molar-refractivity contribution is -0.384. The predicted octanol–water partition coefficient (Wildman–Crippen LogP) is 1.88. The van der Waals surface area contributed by atoms with Gasteiger partial charge in [-0.05, 0) is 25.3 Å². The van der Waals surface area contributed by atoms with Crippen molar-refractivity contribution in [3.8, 4) is 0 Å². The Hall–Kier alpha value is -2.44. The summed E-state index contributed by atoms with van der Waals surface area (Å²) in [5.74, 6) is 0. The van der Waals surface area contributed by atoms with Crippen molar-refractivity contribution < 1.29 is 9.72 Å². The lowest BCUT2D eigenvalue weighted by Gasteiger charge is -2.28. The molecule has 0 unspecified atom stereocenters. The fraction of sp³-hybridized carbons (Fsp3) is 0.385. The molecule has 1 aromatic heterocycles. The number of non-ortho nitro benzene ring substituents is 1. The fourth-order valence-electron chi connectivity index (χ4n) is 2.59. The van der Waals surface area contributed by atoms with Crippen LogP contribution in [0.2, 0.25) is 0 Å². The van der Waals surface area contributed by atoms with Gasteiger partial charge < -0.3 is 0 Å². The summed E-state index contributed by atoms with van der Waals surface area (Å²) in [7, 11) is 0. The zero-order valence-corrected chi connectivity index (χ0v) is 10.9. The molecule has 0 N–H and O–H groups in total. The molecule has 0 spiro atoms. The molecule has 0 saturated carbocycles. The van der Waals surface area contributed by atoms with Crippen LogP contribution in [0.1, 0.15) is 29.8 Å². The second-order valence-electron chi connectivity index (χ2n) is 4.87. The average Bonchev–Trinajstić information content (AvgIpc) is 2.85. The Kier molecular flexibility index (Phi) is 3.09. The van der Waals surface area contributed by atoms with Gasteiger partial charge in [0, 0.05) is 30.6 Å². The summed E-state index contributed by atoms with van der Waals surface area (Å²) in [5, 5.41) is 17.8. The van der Waals surface area contributed by atoms with Crippen LogP contribution in [0.15, 0.2) is 18.2 Å². The number of carbonyl (C=O) groups excluding carboxylic acids is 1. The van der Waals surface area contributed by atoms with Crippen LogP contribution in [0, 0.1) is 10.1 Å². The molecule has 104 valence electrons. The molecule has 0 aliphatic carbocycles. The zero-order valence-electron chi connectivity index (χ0n) is 10.9. The quantitative estimate of drug-likeness (QED) is 0.485. The molecule has 7 heteroatoms. The summed E-state index contributed by atoms with van der Waals surface area (Å²) < 4.78 is 0. The number of aromatic nitrogens is 2. The van der Waals surface area contributed by atoms with Crippen LogP contribution in [-0.2, 0) is 0 Å². The minimum Gasteiger partial charge on any atom is -0.296 e. The van der Waals surface area contributed by atoms with E-state index in [1.807, 2.05) is 5.01 Å². The zero-order chi connectivity index (χ0) is 14.1. The second kappa shape index (κ2) is 4.92. The second-order valence-corrected chi connectivity index (χ2v) is 4.87. The van der Waals surface area contributed by atoms with Gasteiger partial charge in [-0.15, -0.1) is 0 Å². The molecule has 0 radical (unpaired) electrons. The molecular weight excluding hydrogens is 260 g/mol. The van der Waals surface area contributed by atoms with E-state index in [9.17, 15) is 14.9 Å². The number of carbonyl (C=O) groups is 1. The number of aldehydes is 1. The summed E-state index contributed by atoms with van der Waals surface area (Å²) in [5.41, 5.74) is 0.952. The van der Waals surface area contributed by atoms with Crippen LogP contribution >= 0.6 is 0 Å². The van der Waals surface area contributed by atoms with Gasteiger partial charge in [-0.2, -0.15) is 9.89 Å². The van der Waals surface area contributed by atoms with Crippen molar-refractivity contribution >= 4 is 22.9 Å². The molecule has 0 atom stereocenters. The topological polar surface area (TPSA) is 81.3 Å². The highest BCUT2D eigenvalue weighted by Crippen LogP contribution is 2.23. The molecule has 1 aliphatic rings. The number of nitro benzene ring substituents is 1. The van der Waals surface area contributed by atoms with E-state index in [4.69, 9.17) is 0 Å². The first kappa shape index (κ1) is 12.6. The number of fused-ring (bicyclic) bond motifs is 1. The maximum absolute atomic E-state index is 11.4. The minimum absolute atomic E-state index is 0.0289.